The molecule has 17 heavy (non-hydrogen) atoms. The van der Waals surface area contributed by atoms with Crippen LogP contribution in [0.3, 0.4) is 0 Å². The average Bonchev–Trinajstić information content (AvgIpc) is 2.54. The highest BCUT2D eigenvalue weighted by Gasteiger charge is 2.26. The Labute approximate surface area is 107 Å². The van der Waals surface area contributed by atoms with Crippen LogP contribution >= 0.6 is 11.3 Å². The molecular weight excluding hydrogens is 234 g/mol. The number of nitrogens with zero attached hydrogens (tertiary/aromatic N) is 1. The highest BCUT2D eigenvalue weighted by Crippen LogP contribution is 2.23. The number of aromatic nitrogens is 1. The minimum Gasteiger partial charge on any atom is -0.369 e. The van der Waals surface area contributed by atoms with Crippen molar-refractivity contribution >= 4 is 17.2 Å². The highest BCUT2D eigenvalue weighted by atomic mass is 32.1. The summed E-state index contributed by atoms with van der Waals surface area (Å²) < 4.78 is 0. The van der Waals surface area contributed by atoms with Crippen LogP contribution in [-0.4, -0.2) is 17.4 Å². The number of aryl methyl sites for hydroxylation is 2. The topological polar surface area (TPSA) is 68.0 Å². The minimum atomic E-state index is -0.534. The molecule has 0 aromatic carbocycles. The molecule has 0 aliphatic heterocycles. The summed E-state index contributed by atoms with van der Waals surface area (Å²) in [5, 5.41) is 4.39. The van der Waals surface area contributed by atoms with Gasteiger partial charge in [0, 0.05) is 17.5 Å². The quantitative estimate of drug-likeness (QED) is 0.844. The average molecular weight is 255 g/mol. The van der Waals surface area contributed by atoms with Gasteiger partial charge in [-0.2, -0.15) is 0 Å². The van der Waals surface area contributed by atoms with Gasteiger partial charge < -0.3 is 11.1 Å². The van der Waals surface area contributed by atoms with Gasteiger partial charge in [-0.25, -0.2) is 4.98 Å². The molecule has 0 spiro atoms. The number of amides is 1. The van der Waals surface area contributed by atoms with Gasteiger partial charge in [-0.3, -0.25) is 4.79 Å². The Hall–Kier alpha value is -0.940. The first kappa shape index (κ1) is 14.1. The molecular formula is C12H21N3OS. The van der Waals surface area contributed by atoms with E-state index in [0.717, 1.165) is 10.7 Å². The van der Waals surface area contributed by atoms with E-state index in [0.29, 0.717) is 6.54 Å². The smallest absolute Gasteiger partial charge is 0.224 e. The molecule has 1 unspecified atom stereocenters. The van der Waals surface area contributed by atoms with Gasteiger partial charge in [-0.1, -0.05) is 0 Å². The Kier molecular flexibility index (Phi) is 4.27. The number of carbonyl (C=O) groups is 1. The standard InChI is InChI=1S/C12H21N3OS/c1-7(10-8(2)17-9(3)15-10)14-6-12(4,5)11(13)16/h7,14H,6H2,1-5H3,(H2,13,16). The lowest BCUT2D eigenvalue weighted by molar-refractivity contribution is -0.125. The van der Waals surface area contributed by atoms with Gasteiger partial charge in [0.15, 0.2) is 0 Å². The van der Waals surface area contributed by atoms with E-state index in [9.17, 15) is 4.79 Å². The van der Waals surface area contributed by atoms with E-state index >= 15 is 0 Å². The van der Waals surface area contributed by atoms with Crippen molar-refractivity contribution in [1.29, 1.82) is 0 Å². The summed E-state index contributed by atoms with van der Waals surface area (Å²) in [6, 6.07) is 0.138. The van der Waals surface area contributed by atoms with E-state index in [1.165, 1.54) is 4.88 Å². The summed E-state index contributed by atoms with van der Waals surface area (Å²) in [5.74, 6) is -0.289. The molecule has 0 radical (unpaired) electrons. The number of carbonyl (C=O) groups excluding carboxylic acids is 1. The molecule has 1 rings (SSSR count). The zero-order valence-electron chi connectivity index (χ0n) is 11.1. The number of rotatable bonds is 5. The van der Waals surface area contributed by atoms with Gasteiger partial charge >= 0.3 is 0 Å². The number of nitrogens with one attached hydrogen (secondary N) is 1. The van der Waals surface area contributed by atoms with E-state index in [1.807, 2.05) is 20.8 Å². The van der Waals surface area contributed by atoms with Gasteiger partial charge in [0.25, 0.3) is 0 Å². The van der Waals surface area contributed by atoms with Crippen LogP contribution in [-0.2, 0) is 4.79 Å². The Morgan fingerprint density at radius 1 is 1.53 bits per heavy atom. The molecule has 1 atom stereocenters. The molecule has 0 saturated carbocycles. The zero-order chi connectivity index (χ0) is 13.2. The summed E-state index contributed by atoms with van der Waals surface area (Å²) in [7, 11) is 0. The molecule has 4 nitrogen and oxygen atoms in total. The van der Waals surface area contributed by atoms with Crippen molar-refractivity contribution < 1.29 is 4.79 Å². The van der Waals surface area contributed by atoms with Gasteiger partial charge in [-0.15, -0.1) is 11.3 Å². The minimum absolute atomic E-state index is 0.138. The number of thiazole rings is 1. The SMILES string of the molecule is Cc1nc(C(C)NCC(C)(C)C(N)=O)c(C)s1. The van der Waals surface area contributed by atoms with Crippen LogP contribution in [0.25, 0.3) is 0 Å². The Morgan fingerprint density at radius 3 is 2.53 bits per heavy atom. The molecule has 0 aliphatic rings. The summed E-state index contributed by atoms with van der Waals surface area (Å²) in [4.78, 5) is 16.9. The molecule has 0 aliphatic carbocycles. The summed E-state index contributed by atoms with van der Waals surface area (Å²) >= 11 is 1.69. The third-order valence-electron chi connectivity index (χ3n) is 2.87. The molecule has 5 heteroatoms. The molecule has 0 fully saturated rings. The Balaban J connectivity index is 2.65. The lowest BCUT2D eigenvalue weighted by Gasteiger charge is -2.23. The van der Waals surface area contributed by atoms with Crippen molar-refractivity contribution in [1.82, 2.24) is 10.3 Å². The van der Waals surface area contributed by atoms with E-state index in [2.05, 4.69) is 24.1 Å². The second-order valence-electron chi connectivity index (χ2n) is 5.03. The summed E-state index contributed by atoms with van der Waals surface area (Å²) in [6.45, 7) is 10.4. The number of hydrogen-bond donors (Lipinski definition) is 2. The van der Waals surface area contributed by atoms with Crippen molar-refractivity contribution in [2.45, 2.75) is 40.7 Å². The first-order chi connectivity index (χ1) is 7.74. The fourth-order valence-electron chi connectivity index (χ4n) is 1.54. The Bertz CT molecular complexity index is 412. The van der Waals surface area contributed by atoms with E-state index in [4.69, 9.17) is 5.73 Å². The van der Waals surface area contributed by atoms with Crippen LogP contribution in [0.5, 0.6) is 0 Å². The maximum absolute atomic E-state index is 11.2. The van der Waals surface area contributed by atoms with Crippen LogP contribution < -0.4 is 11.1 Å². The lowest BCUT2D eigenvalue weighted by atomic mass is 9.92. The second-order valence-corrected chi connectivity index (χ2v) is 6.43. The van der Waals surface area contributed by atoms with Crippen LogP contribution in [0.15, 0.2) is 0 Å². The normalized spacial score (nSPS) is 13.7. The summed E-state index contributed by atoms with van der Waals surface area (Å²) in [5.41, 5.74) is 5.86. The maximum atomic E-state index is 11.2. The maximum Gasteiger partial charge on any atom is 0.224 e. The molecule has 1 aromatic rings. The van der Waals surface area contributed by atoms with Gasteiger partial charge in [0.2, 0.25) is 5.91 Å². The van der Waals surface area contributed by atoms with E-state index in [1.54, 1.807) is 11.3 Å². The van der Waals surface area contributed by atoms with Gasteiger partial charge in [0.05, 0.1) is 16.1 Å². The van der Waals surface area contributed by atoms with Crippen molar-refractivity contribution in [2.24, 2.45) is 11.1 Å². The fraction of sp³-hybridized carbons (Fsp3) is 0.667. The molecule has 0 bridgehead atoms. The predicted molar refractivity (Wildman–Crippen MR) is 71.0 cm³/mol. The van der Waals surface area contributed by atoms with Crippen LogP contribution in [0.4, 0.5) is 0 Å². The van der Waals surface area contributed by atoms with Gasteiger partial charge in [0.1, 0.15) is 0 Å². The van der Waals surface area contributed by atoms with Crippen LogP contribution in [0, 0.1) is 19.3 Å². The van der Waals surface area contributed by atoms with Crippen molar-refractivity contribution in [3.8, 4) is 0 Å². The van der Waals surface area contributed by atoms with E-state index < -0.39 is 5.41 Å². The summed E-state index contributed by atoms with van der Waals surface area (Å²) in [6.07, 6.45) is 0. The molecule has 96 valence electrons. The molecule has 0 saturated heterocycles. The third-order valence-corrected chi connectivity index (χ3v) is 3.77. The lowest BCUT2D eigenvalue weighted by Crippen LogP contribution is -2.41. The van der Waals surface area contributed by atoms with Crippen molar-refractivity contribution in [3.05, 3.63) is 15.6 Å². The number of hydrogen-bond acceptors (Lipinski definition) is 4. The zero-order valence-corrected chi connectivity index (χ0v) is 11.9. The van der Waals surface area contributed by atoms with Crippen molar-refractivity contribution in [3.63, 3.8) is 0 Å². The Morgan fingerprint density at radius 2 is 2.12 bits per heavy atom. The molecule has 1 heterocycles. The third kappa shape index (κ3) is 3.51. The highest BCUT2D eigenvalue weighted by molar-refractivity contribution is 7.11. The fourth-order valence-corrected chi connectivity index (χ4v) is 2.45. The first-order valence-electron chi connectivity index (χ1n) is 5.71. The van der Waals surface area contributed by atoms with E-state index in [-0.39, 0.29) is 11.9 Å². The number of primary amides is 1. The molecule has 1 aromatic heterocycles. The van der Waals surface area contributed by atoms with Crippen LogP contribution in [0.1, 0.15) is 42.4 Å². The first-order valence-corrected chi connectivity index (χ1v) is 6.53. The monoisotopic (exact) mass is 255 g/mol. The largest absolute Gasteiger partial charge is 0.369 e. The molecule has 1 amide bonds. The van der Waals surface area contributed by atoms with Crippen molar-refractivity contribution in [2.75, 3.05) is 6.54 Å². The number of nitrogens with two attached hydrogens (primary N) is 1. The van der Waals surface area contributed by atoms with Crippen LogP contribution in [0.2, 0.25) is 0 Å². The van der Waals surface area contributed by atoms with Gasteiger partial charge in [-0.05, 0) is 34.6 Å². The predicted octanol–water partition coefficient (Wildman–Crippen LogP) is 1.92. The second kappa shape index (κ2) is 5.14. The molecule has 3 N–H and O–H groups in total.